The fourth-order valence-electron chi connectivity index (χ4n) is 7.97. The van der Waals surface area contributed by atoms with E-state index in [2.05, 4.69) is 166 Å². The summed E-state index contributed by atoms with van der Waals surface area (Å²) in [5.41, 5.74) is 13.9. The summed E-state index contributed by atoms with van der Waals surface area (Å²) in [4.78, 5) is 11.6. The molecule has 1 aliphatic rings. The zero-order valence-corrected chi connectivity index (χ0v) is 29.8. The van der Waals surface area contributed by atoms with Crippen LogP contribution in [0.5, 0.6) is 0 Å². The third-order valence-corrected chi connectivity index (χ3v) is 11.8. The first-order valence-electron chi connectivity index (χ1n) is 17.8. The van der Waals surface area contributed by atoms with E-state index in [0.717, 1.165) is 28.1 Å². The van der Waals surface area contributed by atoms with Crippen LogP contribution in [0.25, 0.3) is 87.5 Å². The van der Waals surface area contributed by atoms with E-state index in [1.807, 2.05) is 29.5 Å². The fraction of sp³-hybridized carbons (Fsp3) is 0.0612. The maximum Gasteiger partial charge on any atom is 0.160 e. The van der Waals surface area contributed by atoms with Crippen LogP contribution in [-0.4, -0.2) is 9.97 Å². The number of thiophene rings is 1. The highest BCUT2D eigenvalue weighted by atomic mass is 32.1. The molecule has 0 radical (unpaired) electrons. The van der Waals surface area contributed by atoms with E-state index in [9.17, 15) is 0 Å². The molecule has 10 rings (SSSR count). The van der Waals surface area contributed by atoms with Crippen LogP contribution in [0.4, 0.5) is 0 Å². The average molecular weight is 683 g/mol. The zero-order valence-electron chi connectivity index (χ0n) is 29.0. The van der Waals surface area contributed by atoms with Crippen LogP contribution in [-0.2, 0) is 5.41 Å². The Hall–Kier alpha value is -6.16. The Morgan fingerprint density at radius 1 is 0.423 bits per heavy atom. The first-order chi connectivity index (χ1) is 25.5. The summed E-state index contributed by atoms with van der Waals surface area (Å²) in [5.74, 6) is 0.717. The third kappa shape index (κ3) is 5.08. The smallest absolute Gasteiger partial charge is 0.160 e. The fourth-order valence-corrected chi connectivity index (χ4v) is 9.03. The Balaban J connectivity index is 1.11. The molecule has 9 aromatic rings. The van der Waals surface area contributed by atoms with E-state index in [1.54, 1.807) is 0 Å². The van der Waals surface area contributed by atoms with Crippen LogP contribution < -0.4 is 0 Å². The van der Waals surface area contributed by atoms with E-state index in [1.165, 1.54) is 64.7 Å². The van der Waals surface area contributed by atoms with E-state index < -0.39 is 0 Å². The van der Waals surface area contributed by atoms with Crippen LogP contribution >= 0.6 is 11.3 Å². The van der Waals surface area contributed by atoms with Crippen molar-refractivity contribution in [3.63, 3.8) is 0 Å². The van der Waals surface area contributed by atoms with Gasteiger partial charge in [0.15, 0.2) is 5.82 Å². The monoisotopic (exact) mass is 682 g/mol. The minimum absolute atomic E-state index is 0.0984. The second-order valence-corrected chi connectivity index (χ2v) is 15.3. The third-order valence-electron chi connectivity index (χ3n) is 10.7. The summed E-state index contributed by atoms with van der Waals surface area (Å²) < 4.78 is 1.29. The molecule has 246 valence electrons. The Kier molecular flexibility index (Phi) is 7.06. The highest BCUT2D eigenvalue weighted by molar-refractivity contribution is 7.22. The first-order valence-corrected chi connectivity index (χ1v) is 18.6. The van der Waals surface area contributed by atoms with Crippen molar-refractivity contribution >= 4 is 32.2 Å². The van der Waals surface area contributed by atoms with Crippen molar-refractivity contribution in [2.24, 2.45) is 0 Å². The van der Waals surface area contributed by atoms with Crippen molar-refractivity contribution in [3.05, 3.63) is 181 Å². The van der Waals surface area contributed by atoms with Gasteiger partial charge in [0.25, 0.3) is 0 Å². The van der Waals surface area contributed by atoms with Crippen LogP contribution in [0.1, 0.15) is 25.0 Å². The molecule has 3 heteroatoms. The summed E-state index contributed by atoms with van der Waals surface area (Å²) in [6.45, 7) is 4.71. The Bertz CT molecular complexity index is 2790. The molecule has 0 N–H and O–H groups in total. The van der Waals surface area contributed by atoms with Gasteiger partial charge in [-0.1, -0.05) is 141 Å². The van der Waals surface area contributed by atoms with Gasteiger partial charge in [-0.25, -0.2) is 9.97 Å². The molecule has 0 unspecified atom stereocenters. The molecule has 2 heterocycles. The number of hydrogen-bond acceptors (Lipinski definition) is 3. The van der Waals surface area contributed by atoms with Gasteiger partial charge >= 0.3 is 0 Å². The van der Waals surface area contributed by atoms with Gasteiger partial charge in [-0.15, -0.1) is 11.3 Å². The topological polar surface area (TPSA) is 25.8 Å². The van der Waals surface area contributed by atoms with Crippen molar-refractivity contribution in [1.82, 2.24) is 9.97 Å². The summed E-state index contributed by atoms with van der Waals surface area (Å²) in [7, 11) is 0. The van der Waals surface area contributed by atoms with Crippen LogP contribution in [0.15, 0.2) is 170 Å². The summed E-state index contributed by atoms with van der Waals surface area (Å²) in [5, 5.41) is 3.83. The normalized spacial score (nSPS) is 13.0. The maximum atomic E-state index is 5.20. The number of aromatic nitrogens is 2. The van der Waals surface area contributed by atoms with E-state index in [0.29, 0.717) is 5.82 Å². The van der Waals surface area contributed by atoms with Crippen molar-refractivity contribution in [1.29, 1.82) is 0 Å². The molecule has 52 heavy (non-hydrogen) atoms. The highest BCUT2D eigenvalue weighted by Gasteiger charge is 2.37. The summed E-state index contributed by atoms with van der Waals surface area (Å²) >= 11 is 1.83. The lowest BCUT2D eigenvalue weighted by atomic mass is 9.81. The van der Waals surface area contributed by atoms with Gasteiger partial charge in [0.1, 0.15) is 0 Å². The summed E-state index contributed by atoms with van der Waals surface area (Å²) in [6, 6.07) is 61.2. The van der Waals surface area contributed by atoms with Gasteiger partial charge in [-0.2, -0.15) is 0 Å². The Morgan fingerprint density at radius 2 is 1.02 bits per heavy atom. The van der Waals surface area contributed by atoms with E-state index >= 15 is 0 Å². The van der Waals surface area contributed by atoms with Gasteiger partial charge in [-0.3, -0.25) is 0 Å². The molecule has 0 bridgehead atoms. The van der Waals surface area contributed by atoms with E-state index in [-0.39, 0.29) is 5.41 Å². The van der Waals surface area contributed by atoms with Gasteiger partial charge in [0.05, 0.1) is 11.4 Å². The van der Waals surface area contributed by atoms with Crippen molar-refractivity contribution in [2.45, 2.75) is 19.3 Å². The number of rotatable bonds is 5. The van der Waals surface area contributed by atoms with Crippen molar-refractivity contribution in [3.8, 4) is 66.6 Å². The molecule has 0 fully saturated rings. The SMILES string of the molecule is CC1(C)c2cc3ccccc3cc2-c2c(-c3cccc(-c4cc(-c5cccc(-c6cc7ccccc7s6)c5)nc(-c5ccccc5)n4)c3)cccc21. The number of nitrogens with zero attached hydrogens (tertiary/aromatic N) is 2. The number of hydrogen-bond donors (Lipinski definition) is 0. The summed E-state index contributed by atoms with van der Waals surface area (Å²) in [6.07, 6.45) is 0. The molecular weight excluding hydrogens is 649 g/mol. The highest BCUT2D eigenvalue weighted by Crippen LogP contribution is 2.53. The van der Waals surface area contributed by atoms with Gasteiger partial charge < -0.3 is 0 Å². The Labute approximate surface area is 307 Å². The lowest BCUT2D eigenvalue weighted by molar-refractivity contribution is 0.661. The van der Waals surface area contributed by atoms with E-state index in [4.69, 9.17) is 9.97 Å². The van der Waals surface area contributed by atoms with Crippen LogP contribution in [0.2, 0.25) is 0 Å². The van der Waals surface area contributed by atoms with Crippen LogP contribution in [0, 0.1) is 0 Å². The predicted molar refractivity (Wildman–Crippen MR) is 220 cm³/mol. The van der Waals surface area contributed by atoms with Crippen LogP contribution in [0.3, 0.4) is 0 Å². The molecular formula is C49H34N2S. The predicted octanol–water partition coefficient (Wildman–Crippen LogP) is 13.5. The first kappa shape index (κ1) is 30.6. The lowest BCUT2D eigenvalue weighted by Gasteiger charge is -2.22. The molecule has 2 aromatic heterocycles. The molecule has 1 aliphatic carbocycles. The molecule has 0 atom stereocenters. The Morgan fingerprint density at radius 3 is 1.77 bits per heavy atom. The molecule has 2 nitrogen and oxygen atoms in total. The molecule has 0 spiro atoms. The van der Waals surface area contributed by atoms with Gasteiger partial charge in [0, 0.05) is 31.7 Å². The molecule has 0 aliphatic heterocycles. The molecule has 0 saturated carbocycles. The zero-order chi connectivity index (χ0) is 34.8. The quantitative estimate of drug-likeness (QED) is 0.181. The second-order valence-electron chi connectivity index (χ2n) is 14.2. The van der Waals surface area contributed by atoms with Gasteiger partial charge in [-0.05, 0) is 97.6 Å². The van der Waals surface area contributed by atoms with Crippen molar-refractivity contribution < 1.29 is 0 Å². The number of fused-ring (bicyclic) bond motifs is 5. The maximum absolute atomic E-state index is 5.20. The van der Waals surface area contributed by atoms with Crippen molar-refractivity contribution in [2.75, 3.05) is 0 Å². The minimum Gasteiger partial charge on any atom is -0.228 e. The largest absolute Gasteiger partial charge is 0.228 e. The molecule has 0 amide bonds. The molecule has 0 saturated heterocycles. The number of benzene rings is 7. The lowest BCUT2D eigenvalue weighted by Crippen LogP contribution is -2.14. The molecule has 7 aromatic carbocycles. The second kappa shape index (κ2) is 12.0. The van der Waals surface area contributed by atoms with Gasteiger partial charge in [0.2, 0.25) is 0 Å². The minimum atomic E-state index is -0.0984. The standard InChI is InChI=1S/C49H34N2S/c1-49(2)41-23-12-22-39(47(41)40-27-32-15-6-7-16-33(32)28-42(40)49)34-18-10-19-35(25-34)43-30-44(51-48(50-43)31-13-4-3-5-14-31)36-20-11-21-37(26-36)46-29-38-17-8-9-24-45(38)52-46/h3-30H,1-2H3. The average Bonchev–Trinajstić information content (AvgIpc) is 3.74.